The second kappa shape index (κ2) is 3.32. The van der Waals surface area contributed by atoms with Crippen molar-refractivity contribution in [2.24, 2.45) is 5.73 Å². The highest BCUT2D eigenvalue weighted by Gasteiger charge is 2.14. The van der Waals surface area contributed by atoms with Crippen molar-refractivity contribution in [1.82, 2.24) is 0 Å². The summed E-state index contributed by atoms with van der Waals surface area (Å²) in [7, 11) is 3.18. The minimum atomic E-state index is 0.624. The molecule has 1 aliphatic rings. The highest BCUT2D eigenvalue weighted by atomic mass is 16.5. The Morgan fingerprint density at radius 3 is 2.55 bits per heavy atom. The van der Waals surface area contributed by atoms with E-state index in [1.807, 2.05) is 12.5 Å². The number of hydrogen-bond donors (Lipinski definition) is 1. The summed E-state index contributed by atoms with van der Waals surface area (Å²) < 4.78 is 10.1. The van der Waals surface area contributed by atoms with Crippen LogP contribution in [0.15, 0.2) is 23.3 Å². The topological polar surface area (TPSA) is 44.5 Å². The molecule has 0 saturated heterocycles. The Bertz CT molecular complexity index is 206. The van der Waals surface area contributed by atoms with E-state index in [0.717, 1.165) is 6.42 Å². The van der Waals surface area contributed by atoms with Gasteiger partial charge in [-0.1, -0.05) is 0 Å². The molecule has 0 spiro atoms. The Hall–Kier alpha value is -1.12. The van der Waals surface area contributed by atoms with Gasteiger partial charge in [0.25, 0.3) is 0 Å². The normalized spacial score (nSPS) is 17.8. The molecule has 0 bridgehead atoms. The van der Waals surface area contributed by atoms with Crippen LogP contribution in [0.3, 0.4) is 0 Å². The standard InChI is InChI=1S/C8H12NO2/c1-10-7-5-3-4-6(9)8(7)11-2/h4-5H,3,9H2,1-2H3. The van der Waals surface area contributed by atoms with Gasteiger partial charge in [-0.3, -0.25) is 0 Å². The number of hydrogen-bond acceptors (Lipinski definition) is 3. The van der Waals surface area contributed by atoms with Gasteiger partial charge < -0.3 is 15.2 Å². The van der Waals surface area contributed by atoms with Gasteiger partial charge in [0.2, 0.25) is 0 Å². The fourth-order valence-corrected chi connectivity index (χ4v) is 1.02. The predicted molar refractivity (Wildman–Crippen MR) is 42.2 cm³/mol. The van der Waals surface area contributed by atoms with Gasteiger partial charge in [0.15, 0.2) is 11.5 Å². The van der Waals surface area contributed by atoms with Gasteiger partial charge in [0, 0.05) is 6.42 Å². The zero-order valence-electron chi connectivity index (χ0n) is 6.76. The summed E-state index contributed by atoms with van der Waals surface area (Å²) in [6.45, 7) is 0. The van der Waals surface area contributed by atoms with Gasteiger partial charge in [0.1, 0.15) is 0 Å². The highest BCUT2D eigenvalue weighted by molar-refractivity contribution is 5.33. The Morgan fingerprint density at radius 1 is 1.36 bits per heavy atom. The Balaban J connectivity index is 2.86. The summed E-state index contributed by atoms with van der Waals surface area (Å²) in [6.07, 6.45) is 4.62. The molecule has 0 aromatic rings. The molecular weight excluding hydrogens is 142 g/mol. The quantitative estimate of drug-likeness (QED) is 0.643. The van der Waals surface area contributed by atoms with Crippen molar-refractivity contribution in [2.75, 3.05) is 14.2 Å². The van der Waals surface area contributed by atoms with Gasteiger partial charge in [-0.05, 0) is 12.5 Å². The van der Waals surface area contributed by atoms with Crippen molar-refractivity contribution < 1.29 is 9.47 Å². The van der Waals surface area contributed by atoms with E-state index in [2.05, 4.69) is 0 Å². The van der Waals surface area contributed by atoms with Crippen molar-refractivity contribution in [1.29, 1.82) is 0 Å². The number of allylic oxidation sites excluding steroid dienone is 2. The molecule has 0 fully saturated rings. The van der Waals surface area contributed by atoms with Gasteiger partial charge in [-0.2, -0.15) is 0 Å². The zero-order valence-corrected chi connectivity index (χ0v) is 6.76. The lowest BCUT2D eigenvalue weighted by Gasteiger charge is -2.16. The van der Waals surface area contributed by atoms with Crippen LogP contribution in [0.5, 0.6) is 0 Å². The molecule has 2 N–H and O–H groups in total. The van der Waals surface area contributed by atoms with Crippen LogP contribution < -0.4 is 5.73 Å². The molecule has 1 radical (unpaired) electrons. The minimum Gasteiger partial charge on any atom is -0.493 e. The van der Waals surface area contributed by atoms with Gasteiger partial charge in [0.05, 0.1) is 19.9 Å². The molecule has 1 aliphatic carbocycles. The molecule has 1 rings (SSSR count). The minimum absolute atomic E-state index is 0.624. The molecule has 0 amide bonds. The van der Waals surface area contributed by atoms with Crippen LogP contribution in [0.4, 0.5) is 0 Å². The van der Waals surface area contributed by atoms with E-state index >= 15 is 0 Å². The molecule has 0 aromatic carbocycles. The molecule has 11 heavy (non-hydrogen) atoms. The second-order valence-electron chi connectivity index (χ2n) is 2.20. The number of rotatable bonds is 2. The highest BCUT2D eigenvalue weighted by Crippen LogP contribution is 2.21. The van der Waals surface area contributed by atoms with Crippen LogP contribution in [-0.2, 0) is 9.47 Å². The van der Waals surface area contributed by atoms with Gasteiger partial charge >= 0.3 is 0 Å². The van der Waals surface area contributed by atoms with Crippen molar-refractivity contribution in [3.8, 4) is 0 Å². The fraction of sp³-hybridized carbons (Fsp3) is 0.375. The van der Waals surface area contributed by atoms with Crippen LogP contribution in [0.2, 0.25) is 0 Å². The molecule has 0 aliphatic heterocycles. The van der Waals surface area contributed by atoms with E-state index in [1.165, 1.54) is 0 Å². The molecular formula is C8H12NO2. The molecule has 0 atom stereocenters. The SMILES string of the molecule is COC1=CC[CH]C(N)=C1OC. The number of ether oxygens (including phenoxy) is 2. The Kier molecular flexibility index (Phi) is 2.41. The molecule has 0 unspecified atom stereocenters. The summed E-state index contributed by atoms with van der Waals surface area (Å²) >= 11 is 0. The summed E-state index contributed by atoms with van der Waals surface area (Å²) in [5.74, 6) is 1.34. The first-order chi connectivity index (χ1) is 5.29. The third kappa shape index (κ3) is 1.48. The Morgan fingerprint density at radius 2 is 2.09 bits per heavy atom. The summed E-state index contributed by atoms with van der Waals surface area (Å²) in [4.78, 5) is 0. The maximum atomic E-state index is 5.63. The van der Waals surface area contributed by atoms with E-state index in [0.29, 0.717) is 17.2 Å². The zero-order chi connectivity index (χ0) is 8.27. The Labute approximate surface area is 66.5 Å². The van der Waals surface area contributed by atoms with Crippen LogP contribution in [0, 0.1) is 6.42 Å². The molecule has 3 nitrogen and oxygen atoms in total. The van der Waals surface area contributed by atoms with Gasteiger partial charge in [-0.25, -0.2) is 0 Å². The maximum absolute atomic E-state index is 5.63. The summed E-state index contributed by atoms with van der Waals surface area (Å²) in [5.41, 5.74) is 6.28. The summed E-state index contributed by atoms with van der Waals surface area (Å²) in [6, 6.07) is 0. The van der Waals surface area contributed by atoms with Crippen LogP contribution in [-0.4, -0.2) is 14.2 Å². The number of methoxy groups -OCH3 is 2. The lowest BCUT2D eigenvalue weighted by molar-refractivity contribution is 0.214. The van der Waals surface area contributed by atoms with Crippen molar-refractivity contribution in [3.63, 3.8) is 0 Å². The molecule has 61 valence electrons. The lowest BCUT2D eigenvalue weighted by atomic mass is 10.1. The van der Waals surface area contributed by atoms with Crippen molar-refractivity contribution in [2.45, 2.75) is 6.42 Å². The first-order valence-corrected chi connectivity index (χ1v) is 3.41. The average Bonchev–Trinajstić information content (AvgIpc) is 2.04. The third-order valence-corrected chi connectivity index (χ3v) is 1.55. The largest absolute Gasteiger partial charge is 0.493 e. The fourth-order valence-electron chi connectivity index (χ4n) is 1.02. The van der Waals surface area contributed by atoms with Crippen LogP contribution >= 0.6 is 0 Å². The molecule has 0 heterocycles. The van der Waals surface area contributed by atoms with Crippen LogP contribution in [0.1, 0.15) is 6.42 Å². The maximum Gasteiger partial charge on any atom is 0.179 e. The van der Waals surface area contributed by atoms with E-state index in [9.17, 15) is 0 Å². The third-order valence-electron chi connectivity index (χ3n) is 1.55. The number of nitrogens with two attached hydrogens (primary N) is 1. The predicted octanol–water partition coefficient (Wildman–Crippen LogP) is 0.941. The molecule has 0 aromatic heterocycles. The monoisotopic (exact) mass is 154 g/mol. The van der Waals surface area contributed by atoms with E-state index in [1.54, 1.807) is 14.2 Å². The first-order valence-electron chi connectivity index (χ1n) is 3.41. The first kappa shape index (κ1) is 7.98. The smallest absolute Gasteiger partial charge is 0.179 e. The van der Waals surface area contributed by atoms with E-state index in [4.69, 9.17) is 15.2 Å². The lowest BCUT2D eigenvalue weighted by Crippen LogP contribution is -2.11. The van der Waals surface area contributed by atoms with Crippen molar-refractivity contribution in [3.05, 3.63) is 29.7 Å². The summed E-state index contributed by atoms with van der Waals surface area (Å²) in [5, 5.41) is 0. The van der Waals surface area contributed by atoms with Crippen LogP contribution in [0.25, 0.3) is 0 Å². The van der Waals surface area contributed by atoms with E-state index in [-0.39, 0.29) is 0 Å². The van der Waals surface area contributed by atoms with Crippen molar-refractivity contribution >= 4 is 0 Å². The second-order valence-corrected chi connectivity index (χ2v) is 2.20. The molecule has 3 heteroatoms. The van der Waals surface area contributed by atoms with E-state index < -0.39 is 0 Å². The average molecular weight is 154 g/mol. The van der Waals surface area contributed by atoms with Gasteiger partial charge in [-0.15, -0.1) is 0 Å². The molecule has 0 saturated carbocycles.